The number of nitrogens with one attached hydrogen (secondary N) is 1. The fourth-order valence-corrected chi connectivity index (χ4v) is 3.79. The van der Waals surface area contributed by atoms with Crippen LogP contribution in [0.4, 0.5) is 5.69 Å². The van der Waals surface area contributed by atoms with Crippen LogP contribution in [0.3, 0.4) is 0 Å². The Labute approximate surface area is 184 Å². The van der Waals surface area contributed by atoms with E-state index >= 15 is 0 Å². The highest BCUT2D eigenvalue weighted by atomic mass is 16.7. The minimum absolute atomic E-state index is 0.181. The zero-order valence-corrected chi connectivity index (χ0v) is 17.3. The van der Waals surface area contributed by atoms with Gasteiger partial charge in [-0.1, -0.05) is 30.3 Å². The second-order valence-corrected chi connectivity index (χ2v) is 7.40. The summed E-state index contributed by atoms with van der Waals surface area (Å²) in [4.78, 5) is 24.8. The van der Waals surface area contributed by atoms with Crippen LogP contribution in [0.5, 0.6) is 11.5 Å². The molecule has 5 rings (SSSR count). The van der Waals surface area contributed by atoms with E-state index in [9.17, 15) is 9.59 Å². The Balaban J connectivity index is 1.42. The highest BCUT2D eigenvalue weighted by Crippen LogP contribution is 2.34. The number of esters is 1. The maximum Gasteiger partial charge on any atom is 0.337 e. The number of methoxy groups -OCH3 is 1. The lowest BCUT2D eigenvalue weighted by atomic mass is 10.1. The molecule has 1 amide bonds. The number of hydrogen-bond donors (Lipinski definition) is 1. The van der Waals surface area contributed by atoms with E-state index in [-0.39, 0.29) is 18.7 Å². The predicted octanol–water partition coefficient (Wildman–Crippen LogP) is 4.46. The topological polar surface area (TPSA) is 78.8 Å². The molecule has 2 heterocycles. The van der Waals surface area contributed by atoms with Gasteiger partial charge in [-0.05, 0) is 35.9 Å². The van der Waals surface area contributed by atoms with E-state index in [4.69, 9.17) is 14.2 Å². The van der Waals surface area contributed by atoms with E-state index < -0.39 is 0 Å². The van der Waals surface area contributed by atoms with Crippen LogP contribution in [0.25, 0.3) is 10.9 Å². The molecule has 0 radical (unpaired) electrons. The van der Waals surface area contributed by atoms with E-state index in [0.29, 0.717) is 34.9 Å². The van der Waals surface area contributed by atoms with Gasteiger partial charge < -0.3 is 24.1 Å². The van der Waals surface area contributed by atoms with Crippen molar-refractivity contribution in [2.45, 2.75) is 6.54 Å². The molecule has 32 heavy (non-hydrogen) atoms. The largest absolute Gasteiger partial charge is 0.465 e. The molecule has 0 spiro atoms. The van der Waals surface area contributed by atoms with Crippen molar-refractivity contribution in [1.82, 2.24) is 4.57 Å². The summed E-state index contributed by atoms with van der Waals surface area (Å²) in [5, 5.41) is 3.80. The second kappa shape index (κ2) is 8.11. The molecule has 0 saturated heterocycles. The third-order valence-corrected chi connectivity index (χ3v) is 5.39. The van der Waals surface area contributed by atoms with Gasteiger partial charge in [-0.15, -0.1) is 0 Å². The summed E-state index contributed by atoms with van der Waals surface area (Å²) < 4.78 is 17.5. The van der Waals surface area contributed by atoms with E-state index in [1.807, 2.05) is 47.2 Å². The minimum atomic E-state index is -0.370. The van der Waals surface area contributed by atoms with Gasteiger partial charge in [-0.2, -0.15) is 0 Å². The number of nitrogens with zero attached hydrogens (tertiary/aromatic N) is 1. The Morgan fingerprint density at radius 3 is 2.59 bits per heavy atom. The number of aromatic nitrogens is 1. The molecule has 3 aromatic carbocycles. The molecule has 4 aromatic rings. The van der Waals surface area contributed by atoms with E-state index in [0.717, 1.165) is 16.5 Å². The van der Waals surface area contributed by atoms with Crippen molar-refractivity contribution in [2.75, 3.05) is 19.2 Å². The number of ether oxygens (including phenoxy) is 3. The van der Waals surface area contributed by atoms with Crippen molar-refractivity contribution in [1.29, 1.82) is 0 Å². The minimum Gasteiger partial charge on any atom is -0.465 e. The molecule has 0 aliphatic carbocycles. The SMILES string of the molecule is COC(=O)c1ccc(Cn2cc(C(=O)Nc3ccc4c(c3)OCO4)c3ccccc32)cc1. The number of rotatable bonds is 5. The molecule has 160 valence electrons. The first-order chi connectivity index (χ1) is 15.6. The van der Waals surface area contributed by atoms with Crippen molar-refractivity contribution in [3.05, 3.63) is 89.6 Å². The standard InChI is InChI=1S/C25H20N2O5/c1-30-25(29)17-8-6-16(7-9-17)13-27-14-20(19-4-2-3-5-21(19)27)24(28)26-18-10-11-22-23(12-18)32-15-31-22/h2-12,14H,13,15H2,1H3,(H,26,28). The zero-order chi connectivity index (χ0) is 22.1. The van der Waals surface area contributed by atoms with Crippen LogP contribution in [0.15, 0.2) is 72.9 Å². The third-order valence-electron chi connectivity index (χ3n) is 5.39. The number of anilines is 1. The highest BCUT2D eigenvalue weighted by Gasteiger charge is 2.18. The van der Waals surface area contributed by atoms with E-state index in [2.05, 4.69) is 5.32 Å². The van der Waals surface area contributed by atoms with Gasteiger partial charge in [-0.25, -0.2) is 4.79 Å². The molecule has 0 atom stereocenters. The Bertz CT molecular complexity index is 1320. The molecule has 7 nitrogen and oxygen atoms in total. The number of fused-ring (bicyclic) bond motifs is 2. The van der Waals surface area contributed by atoms with Gasteiger partial charge in [-0.3, -0.25) is 4.79 Å². The van der Waals surface area contributed by atoms with E-state index in [1.165, 1.54) is 7.11 Å². The number of carbonyl (C=O) groups is 2. The van der Waals surface area contributed by atoms with Gasteiger partial charge in [0.25, 0.3) is 5.91 Å². The predicted molar refractivity (Wildman–Crippen MR) is 119 cm³/mol. The first-order valence-electron chi connectivity index (χ1n) is 10.1. The van der Waals surface area contributed by atoms with Crippen molar-refractivity contribution in [2.24, 2.45) is 0 Å². The lowest BCUT2D eigenvalue weighted by Gasteiger charge is -2.07. The van der Waals surface area contributed by atoms with Gasteiger partial charge in [0.1, 0.15) is 0 Å². The second-order valence-electron chi connectivity index (χ2n) is 7.40. The Morgan fingerprint density at radius 1 is 1.00 bits per heavy atom. The number of hydrogen-bond acceptors (Lipinski definition) is 5. The molecule has 0 bridgehead atoms. The van der Waals surface area contributed by atoms with Gasteiger partial charge >= 0.3 is 5.97 Å². The van der Waals surface area contributed by atoms with Crippen LogP contribution >= 0.6 is 0 Å². The van der Waals surface area contributed by atoms with Crippen LogP contribution in [-0.4, -0.2) is 30.3 Å². The van der Waals surface area contributed by atoms with Crippen molar-refractivity contribution >= 4 is 28.5 Å². The van der Waals surface area contributed by atoms with Crippen LogP contribution in [-0.2, 0) is 11.3 Å². The van der Waals surface area contributed by atoms with Gasteiger partial charge in [0.2, 0.25) is 6.79 Å². The fraction of sp³-hybridized carbons (Fsp3) is 0.120. The Kier molecular flexibility index (Phi) is 4.99. The first kappa shape index (κ1) is 19.7. The van der Waals surface area contributed by atoms with Crippen LogP contribution < -0.4 is 14.8 Å². The summed E-state index contributed by atoms with van der Waals surface area (Å²) in [5.74, 6) is 0.698. The molecule has 7 heteroatoms. The number of para-hydroxylation sites is 1. The monoisotopic (exact) mass is 428 g/mol. The van der Waals surface area contributed by atoms with Crippen molar-refractivity contribution in [3.63, 3.8) is 0 Å². The van der Waals surface area contributed by atoms with Gasteiger partial charge in [0.05, 0.1) is 18.2 Å². The highest BCUT2D eigenvalue weighted by molar-refractivity contribution is 6.13. The summed E-state index contributed by atoms with van der Waals surface area (Å²) in [6.45, 7) is 0.736. The molecular formula is C25H20N2O5. The molecule has 0 saturated carbocycles. The zero-order valence-electron chi connectivity index (χ0n) is 17.3. The molecule has 1 aliphatic heterocycles. The molecule has 1 N–H and O–H groups in total. The molecule has 1 aromatic heterocycles. The van der Waals surface area contributed by atoms with E-state index in [1.54, 1.807) is 30.3 Å². The van der Waals surface area contributed by atoms with Crippen molar-refractivity contribution in [3.8, 4) is 11.5 Å². The molecule has 0 fully saturated rings. The molecular weight excluding hydrogens is 408 g/mol. The molecule has 1 aliphatic rings. The maximum atomic E-state index is 13.1. The van der Waals surface area contributed by atoms with Crippen molar-refractivity contribution < 1.29 is 23.8 Å². The average Bonchev–Trinajstić information content (AvgIpc) is 3.44. The third kappa shape index (κ3) is 3.65. The van der Waals surface area contributed by atoms with Crippen LogP contribution in [0.2, 0.25) is 0 Å². The smallest absolute Gasteiger partial charge is 0.337 e. The Morgan fingerprint density at radius 2 is 1.78 bits per heavy atom. The number of benzene rings is 3. The summed E-state index contributed by atoms with van der Waals surface area (Å²) >= 11 is 0. The summed E-state index contributed by atoms with van der Waals surface area (Å²) in [5.41, 5.74) is 3.65. The molecule has 0 unspecified atom stereocenters. The average molecular weight is 428 g/mol. The fourth-order valence-electron chi connectivity index (χ4n) is 3.79. The lowest BCUT2D eigenvalue weighted by molar-refractivity contribution is 0.0600. The normalized spacial score (nSPS) is 12.0. The summed E-state index contributed by atoms with van der Waals surface area (Å²) in [6, 6.07) is 20.3. The lowest BCUT2D eigenvalue weighted by Crippen LogP contribution is -2.11. The first-order valence-corrected chi connectivity index (χ1v) is 10.1. The number of amides is 1. The van der Waals surface area contributed by atoms with Gasteiger partial charge in [0, 0.05) is 35.4 Å². The quantitative estimate of drug-likeness (QED) is 0.475. The van der Waals surface area contributed by atoms with Gasteiger partial charge in [0.15, 0.2) is 11.5 Å². The van der Waals surface area contributed by atoms with Crippen LogP contribution in [0, 0.1) is 0 Å². The Hall–Kier alpha value is -4.26. The number of carbonyl (C=O) groups excluding carboxylic acids is 2. The maximum absolute atomic E-state index is 13.1. The van der Waals surface area contributed by atoms with Crippen LogP contribution in [0.1, 0.15) is 26.3 Å². The summed E-state index contributed by atoms with van der Waals surface area (Å²) in [6.07, 6.45) is 1.85. The summed E-state index contributed by atoms with van der Waals surface area (Å²) in [7, 11) is 1.36.